The number of nitro benzene ring substituents is 1. The molecule has 0 aliphatic carbocycles. The largest absolute Gasteiger partial charge is 0.302 e. The van der Waals surface area contributed by atoms with Crippen molar-refractivity contribution in [3.8, 4) is 0 Å². The molecule has 3 rings (SSSR count). The van der Waals surface area contributed by atoms with Crippen LogP contribution in [0.4, 0.5) is 5.69 Å². The standard InChI is InChI=1S/C17H19N5O4/c1-4-10-5-6-11(7-12(10)22(25)26)15(13-8(2)18-20-16(13)23)14-9(3)19-21-17(14)24/h5-7,15H,4H2,1-3H3,(H2,18,20,23)(H2,19,21,24). The number of rotatable bonds is 5. The Morgan fingerprint density at radius 3 is 1.92 bits per heavy atom. The number of nitrogens with zero attached hydrogens (tertiary/aromatic N) is 1. The summed E-state index contributed by atoms with van der Waals surface area (Å²) in [4.78, 5) is 35.8. The van der Waals surface area contributed by atoms with Crippen LogP contribution in [-0.2, 0) is 6.42 Å². The number of nitrogens with one attached hydrogen (secondary N) is 4. The van der Waals surface area contributed by atoms with Crippen molar-refractivity contribution < 1.29 is 4.92 Å². The molecule has 0 aliphatic heterocycles. The third-order valence-corrected chi connectivity index (χ3v) is 4.62. The normalized spacial score (nSPS) is 11.2. The summed E-state index contributed by atoms with van der Waals surface area (Å²) >= 11 is 0. The summed E-state index contributed by atoms with van der Waals surface area (Å²) < 4.78 is 0. The van der Waals surface area contributed by atoms with Gasteiger partial charge < -0.3 is 10.2 Å². The minimum atomic E-state index is -0.732. The van der Waals surface area contributed by atoms with Crippen molar-refractivity contribution in [1.82, 2.24) is 20.4 Å². The van der Waals surface area contributed by atoms with Gasteiger partial charge in [-0.15, -0.1) is 0 Å². The maximum Gasteiger partial charge on any atom is 0.272 e. The van der Waals surface area contributed by atoms with E-state index in [4.69, 9.17) is 0 Å². The van der Waals surface area contributed by atoms with Crippen molar-refractivity contribution in [2.45, 2.75) is 33.1 Å². The first-order valence-corrected chi connectivity index (χ1v) is 8.16. The predicted octanol–water partition coefficient (Wildman–Crippen LogP) is 1.99. The first-order chi connectivity index (χ1) is 12.3. The van der Waals surface area contributed by atoms with Crippen molar-refractivity contribution in [1.29, 1.82) is 0 Å². The summed E-state index contributed by atoms with van der Waals surface area (Å²) in [7, 11) is 0. The first kappa shape index (κ1) is 17.5. The zero-order valence-corrected chi connectivity index (χ0v) is 14.6. The van der Waals surface area contributed by atoms with Crippen molar-refractivity contribution in [3.63, 3.8) is 0 Å². The minimum absolute atomic E-state index is 0.0239. The lowest BCUT2D eigenvalue weighted by Crippen LogP contribution is -2.20. The summed E-state index contributed by atoms with van der Waals surface area (Å²) in [5, 5.41) is 22.0. The number of aromatic amines is 4. The summed E-state index contributed by atoms with van der Waals surface area (Å²) in [6.07, 6.45) is 0.509. The fraction of sp³-hybridized carbons (Fsp3) is 0.294. The fourth-order valence-electron chi connectivity index (χ4n) is 3.31. The molecule has 3 aromatic rings. The van der Waals surface area contributed by atoms with Gasteiger partial charge in [0, 0.05) is 28.9 Å². The lowest BCUT2D eigenvalue weighted by Gasteiger charge is -2.16. The van der Waals surface area contributed by atoms with Crippen molar-refractivity contribution in [3.05, 3.63) is 82.7 Å². The van der Waals surface area contributed by atoms with Gasteiger partial charge in [-0.1, -0.05) is 19.1 Å². The first-order valence-electron chi connectivity index (χ1n) is 8.16. The second-order valence-corrected chi connectivity index (χ2v) is 6.17. The van der Waals surface area contributed by atoms with E-state index in [0.29, 0.717) is 40.1 Å². The maximum atomic E-state index is 12.4. The van der Waals surface area contributed by atoms with Crippen LogP contribution >= 0.6 is 0 Å². The van der Waals surface area contributed by atoms with Crippen LogP contribution < -0.4 is 11.1 Å². The van der Waals surface area contributed by atoms with E-state index in [0.717, 1.165) is 0 Å². The highest BCUT2D eigenvalue weighted by atomic mass is 16.6. The Bertz CT molecular complexity index is 1030. The maximum absolute atomic E-state index is 12.4. The Hall–Kier alpha value is -3.36. The van der Waals surface area contributed by atoms with E-state index in [1.807, 2.05) is 6.92 Å². The smallest absolute Gasteiger partial charge is 0.272 e. The van der Waals surface area contributed by atoms with Gasteiger partial charge in [0.25, 0.3) is 16.8 Å². The molecule has 0 spiro atoms. The molecule has 26 heavy (non-hydrogen) atoms. The summed E-state index contributed by atoms with van der Waals surface area (Å²) in [6.45, 7) is 5.26. The molecule has 4 N–H and O–H groups in total. The number of H-pyrrole nitrogens is 4. The highest BCUT2D eigenvalue weighted by molar-refractivity contribution is 5.51. The molecule has 0 saturated heterocycles. The molecule has 9 heteroatoms. The van der Waals surface area contributed by atoms with E-state index < -0.39 is 10.8 Å². The van der Waals surface area contributed by atoms with Crippen LogP contribution in [0.3, 0.4) is 0 Å². The van der Waals surface area contributed by atoms with E-state index in [-0.39, 0.29) is 16.8 Å². The van der Waals surface area contributed by atoms with Crippen LogP contribution in [0.2, 0.25) is 0 Å². The number of aryl methyl sites for hydroxylation is 3. The zero-order valence-electron chi connectivity index (χ0n) is 14.6. The van der Waals surface area contributed by atoms with Gasteiger partial charge in [0.1, 0.15) is 0 Å². The Kier molecular flexibility index (Phi) is 4.37. The van der Waals surface area contributed by atoms with E-state index in [2.05, 4.69) is 20.4 Å². The summed E-state index contributed by atoms with van der Waals surface area (Å²) in [6, 6.07) is 4.85. The second-order valence-electron chi connectivity index (χ2n) is 6.17. The van der Waals surface area contributed by atoms with Gasteiger partial charge in [-0.3, -0.25) is 29.9 Å². The zero-order chi connectivity index (χ0) is 19.0. The third-order valence-electron chi connectivity index (χ3n) is 4.62. The molecule has 136 valence electrons. The van der Waals surface area contributed by atoms with Crippen LogP contribution in [0.25, 0.3) is 0 Å². The number of nitro groups is 1. The van der Waals surface area contributed by atoms with Crippen molar-refractivity contribution in [2.75, 3.05) is 0 Å². The molecule has 0 atom stereocenters. The van der Waals surface area contributed by atoms with Gasteiger partial charge in [0.15, 0.2) is 0 Å². The van der Waals surface area contributed by atoms with Gasteiger partial charge in [-0.05, 0) is 25.8 Å². The van der Waals surface area contributed by atoms with Gasteiger partial charge in [-0.25, -0.2) is 0 Å². The molecule has 2 aromatic heterocycles. The van der Waals surface area contributed by atoms with Gasteiger partial charge in [-0.2, -0.15) is 0 Å². The Balaban J connectivity index is 2.33. The number of benzene rings is 1. The summed E-state index contributed by atoms with van der Waals surface area (Å²) in [5.41, 5.74) is 2.21. The SMILES string of the molecule is CCc1ccc(C(c2c(C)[nH][nH]c2=O)c2c(C)[nH][nH]c2=O)cc1[N+](=O)[O-]. The molecule has 0 radical (unpaired) electrons. The molecule has 2 heterocycles. The molecule has 0 fully saturated rings. The molecular formula is C17H19N5O4. The molecule has 0 bridgehead atoms. The van der Waals surface area contributed by atoms with E-state index in [1.165, 1.54) is 6.07 Å². The Morgan fingerprint density at radius 2 is 1.54 bits per heavy atom. The van der Waals surface area contributed by atoms with Gasteiger partial charge in [0.2, 0.25) is 0 Å². The molecule has 0 saturated carbocycles. The number of hydrogen-bond acceptors (Lipinski definition) is 4. The monoisotopic (exact) mass is 357 g/mol. The molecule has 0 amide bonds. The van der Waals surface area contributed by atoms with E-state index >= 15 is 0 Å². The van der Waals surface area contributed by atoms with Crippen LogP contribution in [-0.4, -0.2) is 25.3 Å². The highest BCUT2D eigenvalue weighted by Crippen LogP contribution is 2.34. The molecule has 0 aliphatic rings. The highest BCUT2D eigenvalue weighted by Gasteiger charge is 2.29. The minimum Gasteiger partial charge on any atom is -0.302 e. The second kappa shape index (κ2) is 6.51. The van der Waals surface area contributed by atoms with Gasteiger partial charge >= 0.3 is 0 Å². The Labute approximate surface area is 147 Å². The molecular weight excluding hydrogens is 338 g/mol. The van der Waals surface area contributed by atoms with Crippen molar-refractivity contribution >= 4 is 5.69 Å². The lowest BCUT2D eigenvalue weighted by molar-refractivity contribution is -0.385. The molecule has 0 unspecified atom stereocenters. The summed E-state index contributed by atoms with van der Waals surface area (Å²) in [5.74, 6) is -0.732. The number of hydrogen-bond donors (Lipinski definition) is 4. The van der Waals surface area contributed by atoms with Crippen LogP contribution in [0.1, 0.15) is 46.5 Å². The fourth-order valence-corrected chi connectivity index (χ4v) is 3.31. The predicted molar refractivity (Wildman–Crippen MR) is 95.7 cm³/mol. The van der Waals surface area contributed by atoms with Crippen molar-refractivity contribution in [2.24, 2.45) is 0 Å². The average molecular weight is 357 g/mol. The number of aromatic nitrogens is 4. The molecule has 9 nitrogen and oxygen atoms in total. The van der Waals surface area contributed by atoms with E-state index in [1.54, 1.807) is 26.0 Å². The van der Waals surface area contributed by atoms with Crippen LogP contribution in [0, 0.1) is 24.0 Å². The third kappa shape index (κ3) is 2.77. The lowest BCUT2D eigenvalue weighted by atomic mass is 9.84. The van der Waals surface area contributed by atoms with Crippen LogP contribution in [0.5, 0.6) is 0 Å². The molecule has 1 aromatic carbocycles. The average Bonchev–Trinajstić information content (AvgIpc) is 3.12. The van der Waals surface area contributed by atoms with Gasteiger partial charge in [0.05, 0.1) is 16.1 Å². The van der Waals surface area contributed by atoms with E-state index in [9.17, 15) is 19.7 Å². The van der Waals surface area contributed by atoms with Crippen LogP contribution in [0.15, 0.2) is 27.8 Å². The Morgan fingerprint density at radius 1 is 1.00 bits per heavy atom. The topological polar surface area (TPSA) is 140 Å². The quantitative estimate of drug-likeness (QED) is 0.409.